The lowest BCUT2D eigenvalue weighted by Crippen LogP contribution is -2.79. The molecule has 30 nitrogen and oxygen atoms in total. The second kappa shape index (κ2) is 31.6. The van der Waals surface area contributed by atoms with Crippen molar-refractivity contribution in [2.45, 2.75) is 320 Å². The van der Waals surface area contributed by atoms with E-state index in [9.17, 15) is 66.1 Å². The second-order valence-corrected chi connectivity index (χ2v) is 30.0. The highest BCUT2D eigenvalue weighted by molar-refractivity contribution is 5.87. The fourth-order valence-electron chi connectivity index (χ4n) is 18.8. The number of fused-ring (bicyclic) bond motifs is 5. The third kappa shape index (κ3) is 14.4. The van der Waals surface area contributed by atoms with Crippen LogP contribution in [0.3, 0.4) is 0 Å². The third-order valence-corrected chi connectivity index (χ3v) is 24.6. The molecule has 0 spiro atoms. The highest BCUT2D eigenvalue weighted by atomic mass is 16.8. The molecule has 11 rings (SSSR count). The Hall–Kier alpha value is -2.69. The number of carbonyl (C=O) groups excluding carboxylic acids is 1. The number of rotatable bonds is 22. The van der Waals surface area contributed by atoms with E-state index in [1.54, 1.807) is 41.1 Å². The van der Waals surface area contributed by atoms with E-state index >= 15 is 0 Å². The number of ether oxygens (including phenoxy) is 17. The van der Waals surface area contributed by atoms with Crippen molar-refractivity contribution in [1.29, 1.82) is 0 Å². The summed E-state index contributed by atoms with van der Waals surface area (Å²) in [7, 11) is 6.03. The molecule has 100 heavy (non-hydrogen) atoms. The number of esters is 1. The Morgan fingerprint density at radius 3 is 1.60 bits per heavy atom. The van der Waals surface area contributed by atoms with Crippen LogP contribution in [0.2, 0.25) is 0 Å². The number of hydrogen-bond donors (Lipinski definition) is 12. The van der Waals surface area contributed by atoms with Crippen LogP contribution in [-0.4, -0.2) is 310 Å². The van der Waals surface area contributed by atoms with E-state index in [0.717, 1.165) is 5.56 Å². The normalized spacial score (nSPS) is 51.0. The summed E-state index contributed by atoms with van der Waals surface area (Å²) >= 11 is 0. The van der Waals surface area contributed by atoms with Gasteiger partial charge in [0.1, 0.15) is 103 Å². The minimum atomic E-state index is -1.90. The SMILES string of the molecule is COC1CC(OC2CCC3(C)C(CCC4(O)C3CC(OC(=O)C=Cc3ccccc3)C3(C)C(O)(C(C)O)CCC43O)C2)OC(C)C1OC1CC(OC)C(OC2CC(OC)C(OC3OC(C)C(OC4OC(CO)C(OC5OC(CO)C(O)C(O)C5O)C(O)C4O)C(OC)C3O)C(C)O2)C(C)O1. The highest BCUT2D eigenvalue weighted by Gasteiger charge is 2.82. The quantitative estimate of drug-likeness (QED) is 0.0404. The lowest BCUT2D eigenvalue weighted by Gasteiger charge is -2.69. The molecule has 12 N–H and O–H groups in total. The summed E-state index contributed by atoms with van der Waals surface area (Å²) in [6.45, 7) is 10.9. The number of benzene rings is 1. The molecule has 6 aliphatic heterocycles. The molecule has 37 atom stereocenters. The van der Waals surface area contributed by atoms with Gasteiger partial charge >= 0.3 is 5.97 Å². The fraction of sp³-hybridized carbons (Fsp3) is 0.871. The maximum Gasteiger partial charge on any atom is 0.331 e. The summed E-state index contributed by atoms with van der Waals surface area (Å²) in [5.74, 6) is -1.13. The Morgan fingerprint density at radius 1 is 0.540 bits per heavy atom. The van der Waals surface area contributed by atoms with E-state index in [-0.39, 0.29) is 50.5 Å². The average Bonchev–Trinajstić information content (AvgIpc) is 1.39. The van der Waals surface area contributed by atoms with E-state index in [4.69, 9.17) is 80.5 Å². The summed E-state index contributed by atoms with van der Waals surface area (Å²) < 4.78 is 106. The molecule has 4 saturated carbocycles. The first kappa shape index (κ1) is 78.4. The minimum absolute atomic E-state index is 0.00491. The van der Waals surface area contributed by atoms with Crippen LogP contribution in [-0.2, 0) is 85.3 Å². The molecule has 0 amide bonds. The minimum Gasteiger partial charge on any atom is -0.458 e. The number of aliphatic hydroxyl groups excluding tert-OH is 9. The molecule has 10 aliphatic rings. The van der Waals surface area contributed by atoms with Crippen LogP contribution in [0.4, 0.5) is 0 Å². The molecule has 1 aromatic carbocycles. The molecule has 37 unspecified atom stereocenters. The van der Waals surface area contributed by atoms with E-state index in [0.29, 0.717) is 32.1 Å². The van der Waals surface area contributed by atoms with E-state index in [1.807, 2.05) is 44.2 Å². The van der Waals surface area contributed by atoms with Gasteiger partial charge in [0.25, 0.3) is 0 Å². The zero-order chi connectivity index (χ0) is 72.3. The molecular weight excluding hydrogens is 1320 g/mol. The Kier molecular flexibility index (Phi) is 24.8. The van der Waals surface area contributed by atoms with Gasteiger partial charge in [0, 0.05) is 53.8 Å². The maximum absolute atomic E-state index is 13.7. The van der Waals surface area contributed by atoms with Crippen molar-refractivity contribution in [3.05, 3.63) is 42.0 Å². The molecule has 0 aromatic heterocycles. The third-order valence-electron chi connectivity index (χ3n) is 24.6. The van der Waals surface area contributed by atoms with Gasteiger partial charge in [-0.05, 0) is 115 Å². The van der Waals surface area contributed by atoms with Gasteiger partial charge in [-0.1, -0.05) is 44.2 Å². The van der Waals surface area contributed by atoms with Crippen molar-refractivity contribution in [3.8, 4) is 0 Å². The van der Waals surface area contributed by atoms with Gasteiger partial charge in [0.05, 0.1) is 79.2 Å². The predicted octanol–water partition coefficient (Wildman–Crippen LogP) is -0.274. The van der Waals surface area contributed by atoms with Crippen LogP contribution in [0.1, 0.15) is 125 Å². The Labute approximate surface area is 583 Å². The molecule has 4 aliphatic carbocycles. The zero-order valence-electron chi connectivity index (χ0n) is 58.9. The van der Waals surface area contributed by atoms with E-state index in [2.05, 4.69) is 6.92 Å². The molecule has 1 aromatic rings. The molecular formula is C70H110O30. The highest BCUT2D eigenvalue weighted by Crippen LogP contribution is 2.72. The van der Waals surface area contributed by atoms with Gasteiger partial charge < -0.3 is 142 Å². The monoisotopic (exact) mass is 1430 g/mol. The molecule has 30 heteroatoms. The number of aliphatic hydroxyl groups is 12. The van der Waals surface area contributed by atoms with E-state index in [1.165, 1.54) is 27.2 Å². The van der Waals surface area contributed by atoms with Crippen molar-refractivity contribution in [1.82, 2.24) is 0 Å². The Bertz CT molecular complexity index is 2850. The molecule has 0 radical (unpaired) electrons. The topological polar surface area (TPSA) is 417 Å². The largest absolute Gasteiger partial charge is 0.458 e. The summed E-state index contributed by atoms with van der Waals surface area (Å²) in [5.41, 5.74) is -6.78. The maximum atomic E-state index is 13.7. The molecule has 0 bridgehead atoms. The van der Waals surface area contributed by atoms with Gasteiger partial charge in [0.15, 0.2) is 37.7 Å². The number of methoxy groups -OCH3 is 4. The predicted molar refractivity (Wildman–Crippen MR) is 343 cm³/mol. The van der Waals surface area contributed by atoms with Gasteiger partial charge in [-0.3, -0.25) is 0 Å². The van der Waals surface area contributed by atoms with Gasteiger partial charge in [-0.15, -0.1) is 0 Å². The van der Waals surface area contributed by atoms with Crippen LogP contribution < -0.4 is 0 Å². The Morgan fingerprint density at radius 2 is 1.05 bits per heavy atom. The van der Waals surface area contributed by atoms with Gasteiger partial charge in [0.2, 0.25) is 0 Å². The first-order valence-electron chi connectivity index (χ1n) is 35.5. The molecule has 10 fully saturated rings. The molecule has 570 valence electrons. The van der Waals surface area contributed by atoms with E-state index < -0.39 is 231 Å². The lowest BCUT2D eigenvalue weighted by atomic mass is 9.40. The van der Waals surface area contributed by atoms with Gasteiger partial charge in [-0.25, -0.2) is 4.79 Å². The number of carbonyl (C=O) groups is 1. The Balaban J connectivity index is 0.659. The smallest absolute Gasteiger partial charge is 0.331 e. The molecule has 6 heterocycles. The summed E-state index contributed by atoms with van der Waals surface area (Å²) in [4.78, 5) is 13.7. The first-order chi connectivity index (χ1) is 47.5. The van der Waals surface area contributed by atoms with Crippen LogP contribution in [0, 0.1) is 22.7 Å². The zero-order valence-corrected chi connectivity index (χ0v) is 58.9. The van der Waals surface area contributed by atoms with Crippen molar-refractivity contribution < 1.29 is 147 Å². The summed E-state index contributed by atoms with van der Waals surface area (Å²) in [6.07, 6.45) is -26.6. The average molecular weight is 1430 g/mol. The summed E-state index contributed by atoms with van der Waals surface area (Å²) in [6, 6.07) is 9.30. The standard InChI is InChI=1S/C70H110O30/c1-32-57(40(84-8)26-48(88-32)92-39-20-21-66(6)38(25-39)19-22-69(82)45(66)29-46(95-47(74)18-17-37-15-13-12-14-16-37)67(7)68(81,36(5)73)23-24-70(67,69)83)96-49-27-41(85-9)58(33(2)89-49)97-50-28-42(86-10)59(34(3)90-50)98-65-56(80)62(87-11)60(35(4)91-65)99-64-55(79)53(77)61(44(31-72)94-64)100-63-54(78)52(76)51(75)43(30-71)93-63/h12-18,32-36,38-46,48-65,71-73,75-83H,19-31H2,1-11H3. The van der Waals surface area contributed by atoms with Crippen molar-refractivity contribution in [2.75, 3.05) is 41.7 Å². The fourth-order valence-corrected chi connectivity index (χ4v) is 18.8. The van der Waals surface area contributed by atoms with Crippen molar-refractivity contribution >= 4 is 12.0 Å². The van der Waals surface area contributed by atoms with Crippen molar-refractivity contribution in [3.63, 3.8) is 0 Å². The van der Waals surface area contributed by atoms with Crippen LogP contribution >= 0.6 is 0 Å². The summed E-state index contributed by atoms with van der Waals surface area (Å²) in [5, 5.41) is 135. The number of hydrogen-bond acceptors (Lipinski definition) is 30. The first-order valence-corrected chi connectivity index (χ1v) is 35.5. The molecule has 6 saturated heterocycles. The van der Waals surface area contributed by atoms with Crippen LogP contribution in [0.25, 0.3) is 6.08 Å². The van der Waals surface area contributed by atoms with Crippen molar-refractivity contribution in [2.24, 2.45) is 22.7 Å². The van der Waals surface area contributed by atoms with Crippen LogP contribution in [0.15, 0.2) is 36.4 Å². The second-order valence-electron chi connectivity index (χ2n) is 30.0. The van der Waals surface area contributed by atoms with Crippen LogP contribution in [0.5, 0.6) is 0 Å². The lowest BCUT2D eigenvalue weighted by molar-refractivity contribution is -0.385. The van der Waals surface area contributed by atoms with Gasteiger partial charge in [-0.2, -0.15) is 0 Å².